The van der Waals surface area contributed by atoms with Gasteiger partial charge in [0.05, 0.1) is 25.4 Å². The van der Waals surface area contributed by atoms with Crippen molar-refractivity contribution < 1.29 is 9.84 Å². The minimum Gasteiger partial charge on any atom is -0.495 e. The SMILES string of the molecule is COc1ccccc1NC(CO)c1ccccc1Cl. The molecule has 0 spiro atoms. The van der Waals surface area contributed by atoms with Crippen molar-refractivity contribution in [2.24, 2.45) is 0 Å². The molecular weight excluding hydrogens is 262 g/mol. The van der Waals surface area contributed by atoms with Crippen molar-refractivity contribution in [3.05, 3.63) is 59.1 Å². The fraction of sp³-hybridized carbons (Fsp3) is 0.200. The fourth-order valence-electron chi connectivity index (χ4n) is 1.93. The summed E-state index contributed by atoms with van der Waals surface area (Å²) < 4.78 is 5.28. The second-order valence-electron chi connectivity index (χ2n) is 4.10. The largest absolute Gasteiger partial charge is 0.495 e. The first kappa shape index (κ1) is 13.7. The number of ether oxygens (including phenoxy) is 1. The van der Waals surface area contributed by atoms with Gasteiger partial charge in [-0.15, -0.1) is 0 Å². The van der Waals surface area contributed by atoms with Gasteiger partial charge in [-0.3, -0.25) is 0 Å². The lowest BCUT2D eigenvalue weighted by molar-refractivity contribution is 0.276. The molecule has 0 aromatic heterocycles. The van der Waals surface area contributed by atoms with E-state index < -0.39 is 0 Å². The second-order valence-corrected chi connectivity index (χ2v) is 4.51. The highest BCUT2D eigenvalue weighted by Crippen LogP contribution is 2.30. The topological polar surface area (TPSA) is 41.5 Å². The van der Waals surface area contributed by atoms with Crippen LogP contribution in [0.25, 0.3) is 0 Å². The highest BCUT2D eigenvalue weighted by Gasteiger charge is 2.14. The minimum atomic E-state index is -0.273. The molecule has 19 heavy (non-hydrogen) atoms. The van der Waals surface area contributed by atoms with E-state index >= 15 is 0 Å². The maximum Gasteiger partial charge on any atom is 0.141 e. The van der Waals surface area contributed by atoms with Gasteiger partial charge in [0.2, 0.25) is 0 Å². The van der Waals surface area contributed by atoms with Gasteiger partial charge in [-0.1, -0.05) is 41.9 Å². The summed E-state index contributed by atoms with van der Waals surface area (Å²) in [7, 11) is 1.62. The first-order valence-corrected chi connectivity index (χ1v) is 6.39. The monoisotopic (exact) mass is 277 g/mol. The number of rotatable bonds is 5. The van der Waals surface area contributed by atoms with E-state index in [1.807, 2.05) is 48.5 Å². The maximum absolute atomic E-state index is 9.57. The van der Waals surface area contributed by atoms with E-state index in [0.717, 1.165) is 17.0 Å². The third kappa shape index (κ3) is 3.19. The van der Waals surface area contributed by atoms with E-state index in [1.165, 1.54) is 0 Å². The van der Waals surface area contributed by atoms with Crippen LogP contribution in [0.4, 0.5) is 5.69 Å². The Kier molecular flexibility index (Phi) is 4.66. The zero-order chi connectivity index (χ0) is 13.7. The number of aliphatic hydroxyl groups excluding tert-OH is 1. The first-order chi connectivity index (χ1) is 9.26. The van der Waals surface area contributed by atoms with Gasteiger partial charge in [-0.05, 0) is 23.8 Å². The molecule has 0 amide bonds. The van der Waals surface area contributed by atoms with Crippen LogP contribution in [0.2, 0.25) is 5.02 Å². The Labute approximate surface area is 117 Å². The van der Waals surface area contributed by atoms with Crippen molar-refractivity contribution in [1.82, 2.24) is 0 Å². The minimum absolute atomic E-state index is 0.0538. The molecule has 0 aliphatic rings. The molecule has 0 bridgehead atoms. The van der Waals surface area contributed by atoms with Gasteiger partial charge < -0.3 is 15.2 Å². The predicted molar refractivity (Wildman–Crippen MR) is 77.9 cm³/mol. The van der Waals surface area contributed by atoms with Crippen molar-refractivity contribution in [2.75, 3.05) is 19.0 Å². The number of para-hydroxylation sites is 2. The summed E-state index contributed by atoms with van der Waals surface area (Å²) in [6, 6.07) is 14.8. The van der Waals surface area contributed by atoms with Gasteiger partial charge in [0.25, 0.3) is 0 Å². The summed E-state index contributed by atoms with van der Waals surface area (Å²) in [6.45, 7) is -0.0538. The van der Waals surface area contributed by atoms with Crippen LogP contribution in [0, 0.1) is 0 Å². The Bertz CT molecular complexity index is 545. The molecular formula is C15H16ClNO2. The van der Waals surface area contributed by atoms with Gasteiger partial charge in [-0.25, -0.2) is 0 Å². The Morgan fingerprint density at radius 3 is 2.53 bits per heavy atom. The predicted octanol–water partition coefficient (Wildman–Crippen LogP) is 3.49. The van der Waals surface area contributed by atoms with Crippen molar-refractivity contribution in [2.45, 2.75) is 6.04 Å². The number of benzene rings is 2. The molecule has 2 aromatic rings. The van der Waals surface area contributed by atoms with E-state index in [9.17, 15) is 5.11 Å². The third-order valence-electron chi connectivity index (χ3n) is 2.90. The van der Waals surface area contributed by atoms with Gasteiger partial charge in [-0.2, -0.15) is 0 Å². The van der Waals surface area contributed by atoms with Crippen molar-refractivity contribution in [3.63, 3.8) is 0 Å². The molecule has 2 aromatic carbocycles. The Morgan fingerprint density at radius 1 is 1.16 bits per heavy atom. The summed E-state index contributed by atoms with van der Waals surface area (Å²) in [6.07, 6.45) is 0. The van der Waals surface area contributed by atoms with Crippen LogP contribution in [0.3, 0.4) is 0 Å². The van der Waals surface area contributed by atoms with Gasteiger partial charge in [0.15, 0.2) is 0 Å². The highest BCUT2D eigenvalue weighted by atomic mass is 35.5. The average Bonchev–Trinajstić information content (AvgIpc) is 2.46. The van der Waals surface area contributed by atoms with Crippen LogP contribution < -0.4 is 10.1 Å². The quantitative estimate of drug-likeness (QED) is 0.879. The first-order valence-electron chi connectivity index (χ1n) is 6.01. The lowest BCUT2D eigenvalue weighted by Gasteiger charge is -2.20. The Hall–Kier alpha value is -1.71. The van der Waals surface area contributed by atoms with Crippen LogP contribution >= 0.6 is 11.6 Å². The van der Waals surface area contributed by atoms with Gasteiger partial charge in [0, 0.05) is 5.02 Å². The molecule has 2 N–H and O–H groups in total. The molecule has 2 rings (SSSR count). The molecule has 100 valence electrons. The fourth-order valence-corrected chi connectivity index (χ4v) is 2.20. The maximum atomic E-state index is 9.57. The number of halogens is 1. The standard InChI is InChI=1S/C15H16ClNO2/c1-19-15-9-5-4-8-13(15)17-14(10-18)11-6-2-3-7-12(11)16/h2-9,14,17-18H,10H2,1H3. The van der Waals surface area contributed by atoms with Crippen LogP contribution in [-0.2, 0) is 0 Å². The van der Waals surface area contributed by atoms with Crippen LogP contribution in [0.5, 0.6) is 5.75 Å². The number of hydrogen-bond acceptors (Lipinski definition) is 3. The number of anilines is 1. The Morgan fingerprint density at radius 2 is 1.84 bits per heavy atom. The van der Waals surface area contributed by atoms with Gasteiger partial charge in [0.1, 0.15) is 5.75 Å². The zero-order valence-electron chi connectivity index (χ0n) is 10.6. The van der Waals surface area contributed by atoms with E-state index in [1.54, 1.807) is 7.11 Å². The molecule has 0 fully saturated rings. The molecule has 0 saturated heterocycles. The van der Waals surface area contributed by atoms with Crippen molar-refractivity contribution in [3.8, 4) is 5.75 Å². The molecule has 1 atom stereocenters. The summed E-state index contributed by atoms with van der Waals surface area (Å²) in [4.78, 5) is 0. The smallest absolute Gasteiger partial charge is 0.141 e. The molecule has 4 heteroatoms. The third-order valence-corrected chi connectivity index (χ3v) is 3.24. The number of hydrogen-bond donors (Lipinski definition) is 2. The van der Waals surface area contributed by atoms with E-state index in [-0.39, 0.29) is 12.6 Å². The summed E-state index contributed by atoms with van der Waals surface area (Å²) >= 11 is 6.16. The van der Waals surface area contributed by atoms with E-state index in [4.69, 9.17) is 16.3 Å². The Balaban J connectivity index is 2.27. The van der Waals surface area contributed by atoms with E-state index in [0.29, 0.717) is 5.02 Å². The molecule has 1 unspecified atom stereocenters. The molecule has 0 aliphatic heterocycles. The normalized spacial score (nSPS) is 11.9. The number of nitrogens with one attached hydrogen (secondary N) is 1. The molecule has 0 saturated carbocycles. The number of aliphatic hydroxyl groups is 1. The average molecular weight is 278 g/mol. The number of methoxy groups -OCH3 is 1. The van der Waals surface area contributed by atoms with Crippen LogP contribution in [-0.4, -0.2) is 18.8 Å². The zero-order valence-corrected chi connectivity index (χ0v) is 11.4. The van der Waals surface area contributed by atoms with Crippen molar-refractivity contribution in [1.29, 1.82) is 0 Å². The molecule has 0 heterocycles. The van der Waals surface area contributed by atoms with Crippen molar-refractivity contribution >= 4 is 17.3 Å². The second kappa shape index (κ2) is 6.45. The van der Waals surface area contributed by atoms with E-state index in [2.05, 4.69) is 5.32 Å². The summed E-state index contributed by atoms with van der Waals surface area (Å²) in [5, 5.41) is 13.4. The lowest BCUT2D eigenvalue weighted by atomic mass is 10.1. The van der Waals surface area contributed by atoms with Crippen LogP contribution in [0.15, 0.2) is 48.5 Å². The lowest BCUT2D eigenvalue weighted by Crippen LogP contribution is -2.15. The molecule has 0 radical (unpaired) electrons. The molecule has 3 nitrogen and oxygen atoms in total. The summed E-state index contributed by atoms with van der Waals surface area (Å²) in [5.41, 5.74) is 1.68. The summed E-state index contributed by atoms with van der Waals surface area (Å²) in [5.74, 6) is 0.730. The van der Waals surface area contributed by atoms with Gasteiger partial charge >= 0.3 is 0 Å². The molecule has 0 aliphatic carbocycles. The van der Waals surface area contributed by atoms with Crippen LogP contribution in [0.1, 0.15) is 11.6 Å². The highest BCUT2D eigenvalue weighted by molar-refractivity contribution is 6.31.